The first-order valence-electron chi connectivity index (χ1n) is 8.09. The number of nitrogens with one attached hydrogen (secondary N) is 1. The summed E-state index contributed by atoms with van der Waals surface area (Å²) in [6, 6.07) is 15.2. The molecule has 0 radical (unpaired) electrons. The first-order valence-corrected chi connectivity index (χ1v) is 8.47. The van der Waals surface area contributed by atoms with E-state index in [1.165, 1.54) is 0 Å². The van der Waals surface area contributed by atoms with Gasteiger partial charge in [0.05, 0.1) is 17.7 Å². The zero-order chi connectivity index (χ0) is 16.9. The van der Waals surface area contributed by atoms with Crippen molar-refractivity contribution in [3.63, 3.8) is 0 Å². The number of hydrogen-bond donors (Lipinski definition) is 1. The van der Waals surface area contributed by atoms with Crippen molar-refractivity contribution in [3.8, 4) is 5.75 Å². The fourth-order valence-corrected chi connectivity index (χ4v) is 3.24. The molecular formula is C19H21ClN2O2. The lowest BCUT2D eigenvalue weighted by Gasteiger charge is -2.19. The molecule has 1 N–H and O–H groups in total. The molecule has 0 spiro atoms. The van der Waals surface area contributed by atoms with E-state index in [1.807, 2.05) is 30.3 Å². The maximum absolute atomic E-state index is 12.2. The Bertz CT molecular complexity index is 720. The van der Waals surface area contributed by atoms with Crippen LogP contribution >= 0.6 is 11.6 Å². The number of benzene rings is 2. The fraction of sp³-hybridized carbons (Fsp3) is 0.316. The molecule has 1 fully saturated rings. The molecule has 2 aromatic rings. The summed E-state index contributed by atoms with van der Waals surface area (Å²) in [4.78, 5) is 14.6. The smallest absolute Gasteiger partial charge is 0.252 e. The van der Waals surface area contributed by atoms with Gasteiger partial charge in [0.2, 0.25) is 0 Å². The highest BCUT2D eigenvalue weighted by atomic mass is 35.5. The predicted molar refractivity (Wildman–Crippen MR) is 97.1 cm³/mol. The van der Waals surface area contributed by atoms with E-state index in [2.05, 4.69) is 16.3 Å². The van der Waals surface area contributed by atoms with Gasteiger partial charge in [-0.2, -0.15) is 0 Å². The van der Waals surface area contributed by atoms with Gasteiger partial charge >= 0.3 is 0 Å². The Hall–Kier alpha value is -2.20. The number of nitrogens with zero attached hydrogens (tertiary/aromatic N) is 1. The van der Waals surface area contributed by atoms with Gasteiger partial charge in [0.1, 0.15) is 5.75 Å². The first-order chi connectivity index (χ1) is 11.7. The lowest BCUT2D eigenvalue weighted by molar-refractivity contribution is 0.0948. The van der Waals surface area contributed by atoms with Crippen LogP contribution < -0.4 is 15.0 Å². The molecule has 0 bridgehead atoms. The molecule has 1 amide bonds. The van der Waals surface area contributed by atoms with Gasteiger partial charge < -0.3 is 15.0 Å². The summed E-state index contributed by atoms with van der Waals surface area (Å²) in [6.07, 6.45) is 1.06. The topological polar surface area (TPSA) is 41.6 Å². The van der Waals surface area contributed by atoms with Crippen molar-refractivity contribution >= 4 is 23.2 Å². The summed E-state index contributed by atoms with van der Waals surface area (Å²) < 4.78 is 5.28. The molecule has 1 heterocycles. The molecular weight excluding hydrogens is 324 g/mol. The van der Waals surface area contributed by atoms with Gasteiger partial charge in [-0.15, -0.1) is 0 Å². The van der Waals surface area contributed by atoms with Crippen LogP contribution in [0.25, 0.3) is 0 Å². The zero-order valence-electron chi connectivity index (χ0n) is 13.7. The quantitative estimate of drug-likeness (QED) is 0.901. The summed E-state index contributed by atoms with van der Waals surface area (Å²) in [5.41, 5.74) is 1.69. The second kappa shape index (κ2) is 7.58. The van der Waals surface area contributed by atoms with Crippen molar-refractivity contribution in [1.82, 2.24) is 5.32 Å². The van der Waals surface area contributed by atoms with Crippen LogP contribution in [-0.4, -0.2) is 32.7 Å². The summed E-state index contributed by atoms with van der Waals surface area (Å²) >= 11 is 6.07. The monoisotopic (exact) mass is 344 g/mol. The summed E-state index contributed by atoms with van der Waals surface area (Å²) in [5.74, 6) is 1.19. The third-order valence-electron chi connectivity index (χ3n) is 4.37. The molecule has 0 unspecified atom stereocenters. The molecule has 2 aromatic carbocycles. The van der Waals surface area contributed by atoms with E-state index in [4.69, 9.17) is 16.3 Å². The number of ether oxygens (including phenoxy) is 1. The third kappa shape index (κ3) is 3.82. The molecule has 126 valence electrons. The van der Waals surface area contributed by atoms with Gasteiger partial charge in [-0.05, 0) is 36.6 Å². The molecule has 0 aromatic heterocycles. The predicted octanol–water partition coefficient (Wildman–Crippen LogP) is 3.60. The number of rotatable bonds is 5. The lowest BCUT2D eigenvalue weighted by atomic mass is 10.1. The maximum atomic E-state index is 12.2. The van der Waals surface area contributed by atoms with Crippen LogP contribution in [0, 0.1) is 5.92 Å². The lowest BCUT2D eigenvalue weighted by Crippen LogP contribution is -2.31. The van der Waals surface area contributed by atoms with E-state index in [9.17, 15) is 4.79 Å². The summed E-state index contributed by atoms with van der Waals surface area (Å²) in [6.45, 7) is 2.57. The molecule has 0 aliphatic carbocycles. The van der Waals surface area contributed by atoms with Gasteiger partial charge in [0, 0.05) is 31.4 Å². The number of amides is 1. The third-order valence-corrected chi connectivity index (χ3v) is 4.70. The number of hydrogen-bond acceptors (Lipinski definition) is 3. The van der Waals surface area contributed by atoms with Crippen LogP contribution in [0.15, 0.2) is 48.5 Å². The van der Waals surface area contributed by atoms with Gasteiger partial charge in [0.15, 0.2) is 0 Å². The maximum Gasteiger partial charge on any atom is 0.252 e. The van der Waals surface area contributed by atoms with E-state index in [0.29, 0.717) is 23.0 Å². The molecule has 0 saturated carbocycles. The first kappa shape index (κ1) is 16.7. The average Bonchev–Trinajstić information content (AvgIpc) is 3.09. The van der Waals surface area contributed by atoms with Crippen LogP contribution in [0.1, 0.15) is 16.8 Å². The summed E-state index contributed by atoms with van der Waals surface area (Å²) in [5, 5.41) is 3.49. The molecule has 1 aliphatic rings. The number of carbonyl (C=O) groups excluding carboxylic acids is 1. The van der Waals surface area contributed by atoms with Gasteiger partial charge in [-0.25, -0.2) is 0 Å². The van der Waals surface area contributed by atoms with E-state index in [-0.39, 0.29) is 5.91 Å². The van der Waals surface area contributed by atoms with Crippen LogP contribution in [0.2, 0.25) is 5.02 Å². The number of anilines is 1. The Labute approximate surface area is 147 Å². The van der Waals surface area contributed by atoms with Crippen LogP contribution in [0.4, 0.5) is 5.69 Å². The second-order valence-corrected chi connectivity index (χ2v) is 6.40. The highest BCUT2D eigenvalue weighted by molar-refractivity contribution is 6.33. The van der Waals surface area contributed by atoms with Crippen molar-refractivity contribution in [2.75, 3.05) is 31.6 Å². The minimum absolute atomic E-state index is 0.111. The van der Waals surface area contributed by atoms with Crippen molar-refractivity contribution in [2.45, 2.75) is 6.42 Å². The largest absolute Gasteiger partial charge is 0.497 e. The van der Waals surface area contributed by atoms with E-state index >= 15 is 0 Å². The molecule has 1 saturated heterocycles. The molecule has 3 rings (SSSR count). The minimum atomic E-state index is -0.111. The molecule has 1 aliphatic heterocycles. The Morgan fingerprint density at radius 2 is 2.12 bits per heavy atom. The van der Waals surface area contributed by atoms with E-state index in [1.54, 1.807) is 19.2 Å². The van der Waals surface area contributed by atoms with Crippen LogP contribution in [0.3, 0.4) is 0 Å². The highest BCUT2D eigenvalue weighted by Gasteiger charge is 2.23. The summed E-state index contributed by atoms with van der Waals surface area (Å²) in [7, 11) is 1.68. The SMILES string of the molecule is COc1cccc(N2CC[C@H](CNC(=O)c3ccccc3Cl)C2)c1. The van der Waals surface area contributed by atoms with Crippen LogP contribution in [-0.2, 0) is 0 Å². The Kier molecular flexibility index (Phi) is 5.26. The van der Waals surface area contributed by atoms with Gasteiger partial charge in [-0.1, -0.05) is 29.8 Å². The minimum Gasteiger partial charge on any atom is -0.497 e. The molecule has 1 atom stereocenters. The fourth-order valence-electron chi connectivity index (χ4n) is 3.02. The second-order valence-electron chi connectivity index (χ2n) is 5.99. The highest BCUT2D eigenvalue weighted by Crippen LogP contribution is 2.26. The Morgan fingerprint density at radius 1 is 1.29 bits per heavy atom. The average molecular weight is 345 g/mol. The van der Waals surface area contributed by atoms with Crippen molar-refractivity contribution in [3.05, 3.63) is 59.1 Å². The van der Waals surface area contributed by atoms with Crippen LogP contribution in [0.5, 0.6) is 5.75 Å². The standard InChI is InChI=1S/C19H21ClN2O2/c1-24-16-6-4-5-15(11-16)22-10-9-14(13-22)12-21-19(23)17-7-2-3-8-18(17)20/h2-8,11,14H,9-10,12-13H2,1H3,(H,21,23)/t14-/m1/s1. The Morgan fingerprint density at radius 3 is 2.92 bits per heavy atom. The van der Waals surface area contributed by atoms with Gasteiger partial charge in [-0.3, -0.25) is 4.79 Å². The molecule has 4 nitrogen and oxygen atoms in total. The van der Waals surface area contributed by atoms with Crippen molar-refractivity contribution in [2.24, 2.45) is 5.92 Å². The van der Waals surface area contributed by atoms with Gasteiger partial charge in [0.25, 0.3) is 5.91 Å². The molecule has 24 heavy (non-hydrogen) atoms. The number of carbonyl (C=O) groups is 1. The Balaban J connectivity index is 1.55. The van der Waals surface area contributed by atoms with E-state index in [0.717, 1.165) is 30.9 Å². The van der Waals surface area contributed by atoms with E-state index < -0.39 is 0 Å². The number of halogens is 1. The van der Waals surface area contributed by atoms with Crippen molar-refractivity contribution < 1.29 is 9.53 Å². The normalized spacial score (nSPS) is 16.9. The number of methoxy groups -OCH3 is 1. The molecule has 5 heteroatoms. The van der Waals surface area contributed by atoms with Crippen molar-refractivity contribution in [1.29, 1.82) is 0 Å². The zero-order valence-corrected chi connectivity index (χ0v) is 14.4.